The van der Waals surface area contributed by atoms with E-state index in [2.05, 4.69) is 27.5 Å². The Kier molecular flexibility index (Phi) is 4.99. The van der Waals surface area contributed by atoms with Gasteiger partial charge < -0.3 is 14.4 Å². The van der Waals surface area contributed by atoms with Gasteiger partial charge in [0.25, 0.3) is 5.56 Å². The average Bonchev–Trinajstić information content (AvgIpc) is 2.80. The Labute approximate surface area is 134 Å². The molecule has 9 heteroatoms. The molecule has 0 aliphatic rings. The summed E-state index contributed by atoms with van der Waals surface area (Å²) in [6.07, 6.45) is 0.761. The standard InChI is InChI=1S/C13H17BrN4O4/c1-4-5-22-7-8(19)6-18-9-10(15-12(18)14)16(2)13(21)17(3)11(9)20/h4,8,19H,1,5-7H2,2-3H3. The Morgan fingerprint density at radius 1 is 1.41 bits per heavy atom. The molecule has 22 heavy (non-hydrogen) atoms. The van der Waals surface area contributed by atoms with Gasteiger partial charge in [-0.3, -0.25) is 13.9 Å². The molecule has 0 radical (unpaired) electrons. The van der Waals surface area contributed by atoms with Crippen molar-refractivity contribution in [1.29, 1.82) is 0 Å². The van der Waals surface area contributed by atoms with Crippen LogP contribution in [0.2, 0.25) is 0 Å². The molecule has 0 saturated carbocycles. The first-order valence-electron chi connectivity index (χ1n) is 6.57. The SMILES string of the molecule is C=CCOCC(O)Cn1c(Br)nc2c1c(=O)n(C)c(=O)n2C. The van der Waals surface area contributed by atoms with Crippen molar-refractivity contribution in [2.24, 2.45) is 14.1 Å². The second-order valence-electron chi connectivity index (χ2n) is 4.85. The third-order valence-electron chi connectivity index (χ3n) is 3.24. The lowest BCUT2D eigenvalue weighted by atomic mass is 10.3. The topological polar surface area (TPSA) is 91.3 Å². The minimum Gasteiger partial charge on any atom is -0.389 e. The zero-order chi connectivity index (χ0) is 16.4. The quantitative estimate of drug-likeness (QED) is 0.429. The lowest BCUT2D eigenvalue weighted by Gasteiger charge is -2.13. The van der Waals surface area contributed by atoms with Crippen LogP contribution in [0.25, 0.3) is 11.2 Å². The van der Waals surface area contributed by atoms with Gasteiger partial charge in [0.2, 0.25) is 0 Å². The predicted octanol–water partition coefficient (Wildman–Crippen LogP) is -0.240. The number of aliphatic hydroxyl groups excluding tert-OH is 1. The predicted molar refractivity (Wildman–Crippen MR) is 84.9 cm³/mol. The number of aromatic nitrogens is 4. The largest absolute Gasteiger partial charge is 0.389 e. The van der Waals surface area contributed by atoms with Crippen molar-refractivity contribution in [3.8, 4) is 0 Å². The molecular formula is C13H17BrN4O4. The second kappa shape index (κ2) is 6.59. The summed E-state index contributed by atoms with van der Waals surface area (Å²) >= 11 is 3.26. The molecule has 0 amide bonds. The summed E-state index contributed by atoms with van der Waals surface area (Å²) in [4.78, 5) is 28.4. The van der Waals surface area contributed by atoms with Gasteiger partial charge in [-0.05, 0) is 15.9 Å². The minimum absolute atomic E-state index is 0.101. The molecule has 1 atom stereocenters. The lowest BCUT2D eigenvalue weighted by Crippen LogP contribution is -2.38. The third kappa shape index (κ3) is 2.92. The van der Waals surface area contributed by atoms with Crippen molar-refractivity contribution in [3.05, 3.63) is 38.2 Å². The van der Waals surface area contributed by atoms with Crippen LogP contribution in [0.1, 0.15) is 0 Å². The highest BCUT2D eigenvalue weighted by molar-refractivity contribution is 9.10. The van der Waals surface area contributed by atoms with E-state index in [1.165, 1.54) is 23.2 Å². The van der Waals surface area contributed by atoms with Crippen LogP contribution in [0.5, 0.6) is 0 Å². The smallest absolute Gasteiger partial charge is 0.332 e. The molecule has 1 N–H and O–H groups in total. The fraction of sp³-hybridized carbons (Fsp3) is 0.462. The number of fused-ring (bicyclic) bond motifs is 1. The number of nitrogens with zero attached hydrogens (tertiary/aromatic N) is 4. The number of ether oxygens (including phenoxy) is 1. The summed E-state index contributed by atoms with van der Waals surface area (Å²) in [7, 11) is 2.94. The van der Waals surface area contributed by atoms with E-state index in [4.69, 9.17) is 4.74 Å². The molecule has 2 heterocycles. The molecule has 0 aliphatic heterocycles. The highest BCUT2D eigenvalue weighted by Crippen LogP contribution is 2.16. The molecule has 0 aromatic carbocycles. The van der Waals surface area contributed by atoms with Crippen molar-refractivity contribution in [3.63, 3.8) is 0 Å². The molecule has 120 valence electrons. The first-order valence-corrected chi connectivity index (χ1v) is 7.36. The first kappa shape index (κ1) is 16.7. The summed E-state index contributed by atoms with van der Waals surface area (Å²) in [6, 6.07) is 0. The van der Waals surface area contributed by atoms with Crippen molar-refractivity contribution in [2.45, 2.75) is 12.6 Å². The zero-order valence-electron chi connectivity index (χ0n) is 12.3. The van der Waals surface area contributed by atoms with Crippen LogP contribution in [0.15, 0.2) is 27.0 Å². The van der Waals surface area contributed by atoms with Crippen LogP contribution >= 0.6 is 15.9 Å². The van der Waals surface area contributed by atoms with Crippen LogP contribution < -0.4 is 11.2 Å². The van der Waals surface area contributed by atoms with Gasteiger partial charge in [0, 0.05) is 14.1 Å². The number of hydrogen-bond acceptors (Lipinski definition) is 5. The molecule has 8 nitrogen and oxygen atoms in total. The normalized spacial score (nSPS) is 12.7. The zero-order valence-corrected chi connectivity index (χ0v) is 13.9. The maximum absolute atomic E-state index is 12.3. The maximum atomic E-state index is 12.3. The van der Waals surface area contributed by atoms with E-state index >= 15 is 0 Å². The number of aliphatic hydroxyl groups is 1. The monoisotopic (exact) mass is 372 g/mol. The van der Waals surface area contributed by atoms with Gasteiger partial charge in [0.1, 0.15) is 0 Å². The molecule has 0 spiro atoms. The third-order valence-corrected chi connectivity index (χ3v) is 3.85. The average molecular weight is 373 g/mol. The van der Waals surface area contributed by atoms with Crippen LogP contribution in [0.3, 0.4) is 0 Å². The van der Waals surface area contributed by atoms with Crippen LogP contribution in [0.4, 0.5) is 0 Å². The van der Waals surface area contributed by atoms with Crippen molar-refractivity contribution in [2.75, 3.05) is 13.2 Å². The number of halogens is 1. The fourth-order valence-electron chi connectivity index (χ4n) is 2.14. The molecule has 0 bridgehead atoms. The van der Waals surface area contributed by atoms with E-state index in [0.29, 0.717) is 11.3 Å². The molecule has 0 fully saturated rings. The highest BCUT2D eigenvalue weighted by Gasteiger charge is 2.19. The van der Waals surface area contributed by atoms with Crippen LogP contribution in [0, 0.1) is 0 Å². The van der Waals surface area contributed by atoms with E-state index in [1.807, 2.05) is 0 Å². The molecule has 0 saturated heterocycles. The first-order chi connectivity index (χ1) is 10.4. The van der Waals surface area contributed by atoms with E-state index in [9.17, 15) is 14.7 Å². The molecular weight excluding hydrogens is 356 g/mol. The summed E-state index contributed by atoms with van der Waals surface area (Å²) in [5, 5.41) is 10.0. The molecule has 2 rings (SSSR count). The number of imidazole rings is 1. The van der Waals surface area contributed by atoms with Gasteiger partial charge in [0.05, 0.1) is 25.9 Å². The summed E-state index contributed by atoms with van der Waals surface area (Å²) in [5.41, 5.74) is -0.404. The number of aryl methyl sites for hydroxylation is 1. The van der Waals surface area contributed by atoms with Gasteiger partial charge >= 0.3 is 5.69 Å². The Morgan fingerprint density at radius 3 is 2.73 bits per heavy atom. The van der Waals surface area contributed by atoms with Crippen molar-refractivity contribution >= 4 is 27.1 Å². The van der Waals surface area contributed by atoms with Crippen LogP contribution in [-0.2, 0) is 25.4 Å². The van der Waals surface area contributed by atoms with Crippen LogP contribution in [-0.4, -0.2) is 43.1 Å². The number of hydrogen-bond donors (Lipinski definition) is 1. The van der Waals surface area contributed by atoms with Gasteiger partial charge in [-0.15, -0.1) is 6.58 Å². The summed E-state index contributed by atoms with van der Waals surface area (Å²) in [6.45, 7) is 4.07. The lowest BCUT2D eigenvalue weighted by molar-refractivity contribution is 0.0399. The molecule has 1 unspecified atom stereocenters. The van der Waals surface area contributed by atoms with E-state index in [-0.39, 0.29) is 24.3 Å². The Bertz CT molecular complexity index is 820. The fourth-order valence-corrected chi connectivity index (χ4v) is 2.63. The number of rotatable bonds is 6. The molecule has 2 aromatic rings. The maximum Gasteiger partial charge on any atom is 0.332 e. The van der Waals surface area contributed by atoms with Gasteiger partial charge in [-0.2, -0.15) is 0 Å². The second-order valence-corrected chi connectivity index (χ2v) is 5.56. The molecule has 2 aromatic heterocycles. The van der Waals surface area contributed by atoms with Gasteiger partial charge in [0.15, 0.2) is 15.9 Å². The van der Waals surface area contributed by atoms with E-state index in [1.54, 1.807) is 6.08 Å². The van der Waals surface area contributed by atoms with Crippen molar-refractivity contribution < 1.29 is 9.84 Å². The van der Waals surface area contributed by atoms with Crippen molar-refractivity contribution in [1.82, 2.24) is 18.7 Å². The van der Waals surface area contributed by atoms with E-state index in [0.717, 1.165) is 4.57 Å². The van der Waals surface area contributed by atoms with Gasteiger partial charge in [-0.1, -0.05) is 6.08 Å². The Morgan fingerprint density at radius 2 is 2.09 bits per heavy atom. The summed E-state index contributed by atoms with van der Waals surface area (Å²) in [5.74, 6) is 0. The molecule has 0 aliphatic carbocycles. The minimum atomic E-state index is -0.824. The van der Waals surface area contributed by atoms with Gasteiger partial charge in [-0.25, -0.2) is 9.78 Å². The highest BCUT2D eigenvalue weighted by atomic mass is 79.9. The summed E-state index contributed by atoms with van der Waals surface area (Å²) < 4.78 is 9.38. The van der Waals surface area contributed by atoms with E-state index < -0.39 is 17.4 Å². The Balaban J connectivity index is 2.47. The Hall–Kier alpha value is -1.71.